The van der Waals surface area contributed by atoms with Crippen molar-refractivity contribution in [1.29, 1.82) is 0 Å². The Kier molecular flexibility index (Phi) is 12.1. The van der Waals surface area contributed by atoms with Gasteiger partial charge in [0.05, 0.1) is 0 Å². The first-order valence-electron chi connectivity index (χ1n) is 10.7. The van der Waals surface area contributed by atoms with Crippen LogP contribution in [0.3, 0.4) is 0 Å². The van der Waals surface area contributed by atoms with Crippen molar-refractivity contribution < 1.29 is 42.9 Å². The molecule has 0 aromatic heterocycles. The summed E-state index contributed by atoms with van der Waals surface area (Å²) in [7, 11) is 0. The van der Waals surface area contributed by atoms with Gasteiger partial charge < -0.3 is 29.0 Å². The van der Waals surface area contributed by atoms with Crippen LogP contribution in [-0.4, -0.2) is 67.7 Å². The van der Waals surface area contributed by atoms with Crippen molar-refractivity contribution in [2.75, 3.05) is 13.2 Å². The van der Waals surface area contributed by atoms with Crippen molar-refractivity contribution in [2.24, 2.45) is 0 Å². The molecule has 0 unspecified atom stereocenters. The number of hydrogen-bond acceptors (Lipinski definition) is 9. The van der Waals surface area contributed by atoms with Crippen LogP contribution in [0.25, 0.3) is 0 Å². The summed E-state index contributed by atoms with van der Waals surface area (Å²) < 4.78 is 27.6. The van der Waals surface area contributed by atoms with Crippen LogP contribution in [-0.2, 0) is 42.9 Å². The van der Waals surface area contributed by atoms with Crippen molar-refractivity contribution in [3.8, 4) is 0 Å². The summed E-state index contributed by atoms with van der Waals surface area (Å²) >= 11 is 0. The van der Waals surface area contributed by atoms with Gasteiger partial charge in [-0.15, -0.1) is 0 Å². The van der Waals surface area contributed by atoms with Crippen molar-refractivity contribution in [3.63, 3.8) is 0 Å². The number of carbonyl (C=O) groups is 4. The van der Waals surface area contributed by atoms with Crippen molar-refractivity contribution in [2.45, 2.75) is 97.4 Å². The van der Waals surface area contributed by atoms with E-state index in [2.05, 4.69) is 12.2 Å². The number of rotatable bonds is 12. The Morgan fingerprint density at radius 3 is 2.00 bits per heavy atom. The molecule has 0 saturated carbocycles. The van der Waals surface area contributed by atoms with Crippen LogP contribution >= 0.6 is 0 Å². The minimum atomic E-state index is -1.11. The zero-order chi connectivity index (χ0) is 23.4. The third-order valence-electron chi connectivity index (χ3n) is 4.60. The van der Waals surface area contributed by atoms with Crippen LogP contribution in [0.1, 0.15) is 66.7 Å². The quantitative estimate of drug-likeness (QED) is 0.271. The fourth-order valence-corrected chi connectivity index (χ4v) is 3.34. The smallest absolute Gasteiger partial charge is 0.303 e. The zero-order valence-electron chi connectivity index (χ0n) is 19.0. The first-order chi connectivity index (χ1) is 14.6. The van der Waals surface area contributed by atoms with Gasteiger partial charge in [-0.1, -0.05) is 32.6 Å². The van der Waals surface area contributed by atoms with Crippen LogP contribution < -0.4 is 5.32 Å². The second-order valence-corrected chi connectivity index (χ2v) is 7.50. The third kappa shape index (κ3) is 10.1. The SMILES string of the molecule is CCCCCCCO[C@H]1O[C@@H](COC(C)=O)[C@H](OC(C)=O)[C@@H](OC(C)=O)[C@@H]1NC(C)=O. The Morgan fingerprint density at radius 2 is 1.45 bits per heavy atom. The predicted octanol–water partition coefficient (Wildman–Crippen LogP) is 1.63. The van der Waals surface area contributed by atoms with E-state index in [4.69, 9.17) is 23.7 Å². The van der Waals surface area contributed by atoms with Crippen LogP contribution in [0.4, 0.5) is 0 Å². The summed E-state index contributed by atoms with van der Waals surface area (Å²) in [5.41, 5.74) is 0. The Balaban J connectivity index is 3.07. The molecule has 1 rings (SSSR count). The van der Waals surface area contributed by atoms with Crippen LogP contribution in [0.15, 0.2) is 0 Å². The first-order valence-corrected chi connectivity index (χ1v) is 10.7. The molecule has 178 valence electrons. The van der Waals surface area contributed by atoms with Crippen LogP contribution in [0.5, 0.6) is 0 Å². The second kappa shape index (κ2) is 14.0. The number of carbonyl (C=O) groups excluding carboxylic acids is 4. The number of amides is 1. The van der Waals surface area contributed by atoms with E-state index < -0.39 is 54.5 Å². The molecule has 10 nitrogen and oxygen atoms in total. The van der Waals surface area contributed by atoms with Crippen molar-refractivity contribution in [1.82, 2.24) is 5.32 Å². The second-order valence-electron chi connectivity index (χ2n) is 7.50. The summed E-state index contributed by atoms with van der Waals surface area (Å²) in [6.07, 6.45) is 0.957. The van der Waals surface area contributed by atoms with E-state index in [-0.39, 0.29) is 6.61 Å². The normalized spacial score (nSPS) is 25.4. The highest BCUT2D eigenvalue weighted by Crippen LogP contribution is 2.28. The highest BCUT2D eigenvalue weighted by Gasteiger charge is 2.51. The van der Waals surface area contributed by atoms with Crippen molar-refractivity contribution >= 4 is 23.8 Å². The zero-order valence-corrected chi connectivity index (χ0v) is 19.0. The predicted molar refractivity (Wildman–Crippen MR) is 109 cm³/mol. The van der Waals surface area contributed by atoms with Gasteiger partial charge in [-0.05, 0) is 6.42 Å². The average Bonchev–Trinajstić information content (AvgIpc) is 2.66. The first kappa shape index (κ1) is 26.8. The summed E-state index contributed by atoms with van der Waals surface area (Å²) in [5.74, 6) is -2.23. The molecule has 0 bridgehead atoms. The lowest BCUT2D eigenvalue weighted by Crippen LogP contribution is -2.66. The summed E-state index contributed by atoms with van der Waals surface area (Å²) in [6.45, 7) is 7.18. The van der Waals surface area contributed by atoms with Gasteiger partial charge in [-0.3, -0.25) is 19.2 Å². The highest BCUT2D eigenvalue weighted by molar-refractivity contribution is 5.73. The van der Waals surface area contributed by atoms with E-state index in [0.717, 1.165) is 32.1 Å². The molecule has 10 heteroatoms. The molecule has 1 aliphatic heterocycles. The fraction of sp³-hybridized carbons (Fsp3) is 0.810. The molecule has 0 radical (unpaired) electrons. The Bertz CT molecular complexity index is 610. The van der Waals surface area contributed by atoms with E-state index in [1.165, 1.54) is 27.7 Å². The monoisotopic (exact) mass is 445 g/mol. The Hall–Kier alpha value is -2.20. The van der Waals surface area contributed by atoms with E-state index in [9.17, 15) is 19.2 Å². The van der Waals surface area contributed by atoms with E-state index in [0.29, 0.717) is 6.61 Å². The molecule has 1 fully saturated rings. The highest BCUT2D eigenvalue weighted by atomic mass is 16.7. The molecule has 1 amide bonds. The van der Waals surface area contributed by atoms with Gasteiger partial charge in [-0.2, -0.15) is 0 Å². The molecule has 0 aliphatic carbocycles. The lowest BCUT2D eigenvalue weighted by molar-refractivity contribution is -0.277. The average molecular weight is 446 g/mol. The van der Waals surface area contributed by atoms with Gasteiger partial charge in [-0.25, -0.2) is 0 Å². The molecule has 0 aromatic carbocycles. The summed E-state index contributed by atoms with van der Waals surface area (Å²) in [4.78, 5) is 46.6. The molecular weight excluding hydrogens is 410 g/mol. The number of ether oxygens (including phenoxy) is 5. The Labute approximate surface area is 183 Å². The van der Waals surface area contributed by atoms with Gasteiger partial charge in [0.15, 0.2) is 18.5 Å². The minimum Gasteiger partial charge on any atom is -0.463 e. The van der Waals surface area contributed by atoms with Gasteiger partial charge in [0.1, 0.15) is 18.8 Å². The number of esters is 3. The number of nitrogens with one attached hydrogen (secondary N) is 1. The molecule has 0 spiro atoms. The van der Waals surface area contributed by atoms with E-state index >= 15 is 0 Å². The lowest BCUT2D eigenvalue weighted by Gasteiger charge is -2.44. The van der Waals surface area contributed by atoms with Crippen LogP contribution in [0, 0.1) is 0 Å². The molecular formula is C21H35NO9. The van der Waals surface area contributed by atoms with Gasteiger partial charge in [0.2, 0.25) is 5.91 Å². The maximum Gasteiger partial charge on any atom is 0.303 e. The number of hydrogen-bond donors (Lipinski definition) is 1. The molecule has 1 saturated heterocycles. The molecule has 1 N–H and O–H groups in total. The Morgan fingerprint density at radius 1 is 0.839 bits per heavy atom. The summed E-state index contributed by atoms with van der Waals surface area (Å²) in [5, 5.41) is 2.67. The van der Waals surface area contributed by atoms with Gasteiger partial charge in [0.25, 0.3) is 0 Å². The molecule has 0 aromatic rings. The maximum atomic E-state index is 11.8. The van der Waals surface area contributed by atoms with Crippen LogP contribution in [0.2, 0.25) is 0 Å². The molecule has 1 aliphatic rings. The number of unbranched alkanes of at least 4 members (excludes halogenated alkanes) is 4. The fourth-order valence-electron chi connectivity index (χ4n) is 3.34. The largest absolute Gasteiger partial charge is 0.463 e. The van der Waals surface area contributed by atoms with Gasteiger partial charge >= 0.3 is 17.9 Å². The molecule has 5 atom stereocenters. The van der Waals surface area contributed by atoms with E-state index in [1.807, 2.05) is 0 Å². The lowest BCUT2D eigenvalue weighted by atomic mass is 9.96. The third-order valence-corrected chi connectivity index (χ3v) is 4.60. The topological polar surface area (TPSA) is 126 Å². The van der Waals surface area contributed by atoms with E-state index in [1.54, 1.807) is 0 Å². The maximum absolute atomic E-state index is 11.8. The molecule has 1 heterocycles. The van der Waals surface area contributed by atoms with Gasteiger partial charge in [0, 0.05) is 34.3 Å². The minimum absolute atomic E-state index is 0.242. The summed E-state index contributed by atoms with van der Waals surface area (Å²) in [6, 6.07) is -0.921. The standard InChI is InChI=1S/C21H35NO9/c1-6-7-8-9-10-11-27-21-18(22-13(2)23)20(30-16(5)26)19(29-15(4)25)17(31-21)12-28-14(3)24/h17-21H,6-12H2,1-5H3,(H,22,23)/t17-,18-,19-,20-,21-/m0/s1. The molecule has 31 heavy (non-hydrogen) atoms. The van der Waals surface area contributed by atoms with Crippen molar-refractivity contribution in [3.05, 3.63) is 0 Å².